The van der Waals surface area contributed by atoms with Gasteiger partial charge in [-0.3, -0.25) is 28.5 Å². The van der Waals surface area contributed by atoms with Gasteiger partial charge in [0.25, 0.3) is 5.56 Å². The number of ether oxygens (including phenoxy) is 1. The standard InChI is InChI=1S/C20H27N5O5/c1-14(2)30-19(28)7-10-23-17(26)6-9-22-16-11-18(27)24(3)20(29)25(16)13-15-5-4-8-21-12-15/h4-5,8,11-12,14,22H,6-7,9-10,13H2,1-3H3,(H,23,26). The summed E-state index contributed by atoms with van der Waals surface area (Å²) in [4.78, 5) is 52.0. The zero-order valence-corrected chi connectivity index (χ0v) is 17.4. The molecule has 0 spiro atoms. The van der Waals surface area contributed by atoms with Crippen molar-refractivity contribution in [3.8, 4) is 0 Å². The second kappa shape index (κ2) is 10.9. The maximum Gasteiger partial charge on any atom is 0.332 e. The zero-order chi connectivity index (χ0) is 22.1. The lowest BCUT2D eigenvalue weighted by atomic mass is 10.3. The van der Waals surface area contributed by atoms with Gasteiger partial charge in [-0.05, 0) is 25.5 Å². The van der Waals surface area contributed by atoms with Crippen LogP contribution < -0.4 is 21.9 Å². The van der Waals surface area contributed by atoms with E-state index in [1.807, 2.05) is 6.07 Å². The Labute approximate surface area is 173 Å². The van der Waals surface area contributed by atoms with E-state index in [-0.39, 0.29) is 50.5 Å². The molecule has 162 valence electrons. The molecular formula is C20H27N5O5. The molecule has 0 aliphatic carbocycles. The maximum absolute atomic E-state index is 12.5. The predicted octanol–water partition coefficient (Wildman–Crippen LogP) is 0.250. The van der Waals surface area contributed by atoms with E-state index >= 15 is 0 Å². The number of rotatable bonds is 10. The predicted molar refractivity (Wildman–Crippen MR) is 111 cm³/mol. The first-order valence-corrected chi connectivity index (χ1v) is 9.67. The zero-order valence-electron chi connectivity index (χ0n) is 17.4. The van der Waals surface area contributed by atoms with E-state index in [0.717, 1.165) is 10.1 Å². The number of hydrogen-bond acceptors (Lipinski definition) is 7. The Morgan fingerprint density at radius 2 is 1.97 bits per heavy atom. The van der Waals surface area contributed by atoms with Gasteiger partial charge in [0.15, 0.2) is 0 Å². The molecule has 0 unspecified atom stereocenters. The molecule has 10 nitrogen and oxygen atoms in total. The van der Waals surface area contributed by atoms with Crippen LogP contribution in [-0.2, 0) is 27.9 Å². The summed E-state index contributed by atoms with van der Waals surface area (Å²) in [5, 5.41) is 5.61. The van der Waals surface area contributed by atoms with Crippen LogP contribution in [0.1, 0.15) is 32.3 Å². The monoisotopic (exact) mass is 417 g/mol. The minimum atomic E-state index is -0.470. The summed E-state index contributed by atoms with van der Waals surface area (Å²) in [6.45, 7) is 4.14. The van der Waals surface area contributed by atoms with Crippen molar-refractivity contribution < 1.29 is 14.3 Å². The van der Waals surface area contributed by atoms with Crippen LogP contribution in [0, 0.1) is 0 Å². The second-order valence-corrected chi connectivity index (χ2v) is 6.97. The topological polar surface area (TPSA) is 124 Å². The molecule has 0 bridgehead atoms. The third-order valence-corrected chi connectivity index (χ3v) is 4.14. The maximum atomic E-state index is 12.5. The van der Waals surface area contributed by atoms with E-state index in [1.54, 1.807) is 32.3 Å². The number of carbonyl (C=O) groups excluding carboxylic acids is 2. The van der Waals surface area contributed by atoms with E-state index in [2.05, 4.69) is 15.6 Å². The Morgan fingerprint density at radius 3 is 2.63 bits per heavy atom. The summed E-state index contributed by atoms with van der Waals surface area (Å²) in [5.41, 5.74) is -0.118. The van der Waals surface area contributed by atoms with Gasteiger partial charge < -0.3 is 15.4 Å². The van der Waals surface area contributed by atoms with Gasteiger partial charge in [0.05, 0.1) is 19.1 Å². The average Bonchev–Trinajstić information content (AvgIpc) is 2.69. The number of nitrogens with zero attached hydrogens (tertiary/aromatic N) is 3. The van der Waals surface area contributed by atoms with E-state index in [1.165, 1.54) is 17.7 Å². The van der Waals surface area contributed by atoms with Crippen LogP contribution in [0.3, 0.4) is 0 Å². The minimum absolute atomic E-state index is 0.0940. The first kappa shape index (κ1) is 22.9. The van der Waals surface area contributed by atoms with Crippen LogP contribution in [0.5, 0.6) is 0 Å². The van der Waals surface area contributed by atoms with Gasteiger partial charge in [-0.25, -0.2) is 4.79 Å². The Hall–Kier alpha value is -3.43. The third-order valence-electron chi connectivity index (χ3n) is 4.14. The van der Waals surface area contributed by atoms with E-state index in [9.17, 15) is 19.2 Å². The largest absolute Gasteiger partial charge is 0.463 e. The summed E-state index contributed by atoms with van der Waals surface area (Å²) >= 11 is 0. The van der Waals surface area contributed by atoms with Crippen LogP contribution in [0.15, 0.2) is 40.2 Å². The van der Waals surface area contributed by atoms with Crippen LogP contribution in [0.2, 0.25) is 0 Å². The van der Waals surface area contributed by atoms with Crippen LogP contribution >= 0.6 is 0 Å². The van der Waals surface area contributed by atoms with E-state index < -0.39 is 11.2 Å². The molecule has 0 saturated carbocycles. The van der Waals surface area contributed by atoms with Gasteiger partial charge in [-0.1, -0.05) is 6.07 Å². The first-order chi connectivity index (χ1) is 14.3. The van der Waals surface area contributed by atoms with Crippen molar-refractivity contribution in [3.05, 3.63) is 57.0 Å². The fourth-order valence-electron chi connectivity index (χ4n) is 2.66. The quantitative estimate of drug-likeness (QED) is 0.531. The van der Waals surface area contributed by atoms with Crippen molar-refractivity contribution in [2.24, 2.45) is 7.05 Å². The van der Waals surface area contributed by atoms with Crippen molar-refractivity contribution in [1.82, 2.24) is 19.4 Å². The van der Waals surface area contributed by atoms with Crippen LogP contribution in [0.4, 0.5) is 5.82 Å². The molecule has 1 amide bonds. The van der Waals surface area contributed by atoms with E-state index in [4.69, 9.17) is 4.74 Å². The number of aromatic nitrogens is 3. The van der Waals surface area contributed by atoms with Crippen molar-refractivity contribution >= 4 is 17.7 Å². The normalized spacial score (nSPS) is 10.7. The van der Waals surface area contributed by atoms with Gasteiger partial charge in [0.1, 0.15) is 5.82 Å². The van der Waals surface area contributed by atoms with Gasteiger partial charge in [-0.15, -0.1) is 0 Å². The highest BCUT2D eigenvalue weighted by Gasteiger charge is 2.11. The number of hydrogen-bond donors (Lipinski definition) is 2. The fraction of sp³-hybridized carbons (Fsp3) is 0.450. The van der Waals surface area contributed by atoms with Crippen molar-refractivity contribution in [1.29, 1.82) is 0 Å². The highest BCUT2D eigenvalue weighted by Crippen LogP contribution is 2.06. The molecule has 0 aliphatic heterocycles. The van der Waals surface area contributed by atoms with Crippen molar-refractivity contribution in [3.63, 3.8) is 0 Å². The summed E-state index contributed by atoms with van der Waals surface area (Å²) in [6, 6.07) is 4.90. The molecule has 30 heavy (non-hydrogen) atoms. The first-order valence-electron chi connectivity index (χ1n) is 9.67. The highest BCUT2D eigenvalue weighted by molar-refractivity contribution is 5.77. The number of pyridine rings is 1. The molecule has 0 fully saturated rings. The summed E-state index contributed by atoms with van der Waals surface area (Å²) < 4.78 is 7.43. The molecule has 2 rings (SSSR count). The summed E-state index contributed by atoms with van der Waals surface area (Å²) in [7, 11) is 1.41. The van der Waals surface area contributed by atoms with Crippen LogP contribution in [0.25, 0.3) is 0 Å². The molecule has 0 aliphatic rings. The molecule has 2 N–H and O–H groups in total. The number of carbonyl (C=O) groups is 2. The Balaban J connectivity index is 1.94. The Kier molecular flexibility index (Phi) is 8.33. The molecule has 10 heteroatoms. The molecule has 0 aromatic carbocycles. The molecule has 0 radical (unpaired) electrons. The van der Waals surface area contributed by atoms with E-state index in [0.29, 0.717) is 5.82 Å². The lowest BCUT2D eigenvalue weighted by Crippen LogP contribution is -2.39. The lowest BCUT2D eigenvalue weighted by molar-refractivity contribution is -0.147. The number of esters is 1. The highest BCUT2D eigenvalue weighted by atomic mass is 16.5. The smallest absolute Gasteiger partial charge is 0.332 e. The second-order valence-electron chi connectivity index (χ2n) is 6.97. The van der Waals surface area contributed by atoms with Gasteiger partial charge >= 0.3 is 11.7 Å². The summed E-state index contributed by atoms with van der Waals surface area (Å²) in [6.07, 6.45) is 3.28. The fourth-order valence-corrected chi connectivity index (χ4v) is 2.66. The number of amides is 1. The minimum Gasteiger partial charge on any atom is -0.463 e. The molecule has 0 saturated heterocycles. The number of anilines is 1. The van der Waals surface area contributed by atoms with Gasteiger partial charge in [-0.2, -0.15) is 0 Å². The Morgan fingerprint density at radius 1 is 1.20 bits per heavy atom. The Bertz CT molecular complexity index is 981. The average molecular weight is 417 g/mol. The van der Waals surface area contributed by atoms with Crippen molar-refractivity contribution in [2.75, 3.05) is 18.4 Å². The van der Waals surface area contributed by atoms with Gasteiger partial charge in [0.2, 0.25) is 5.91 Å². The number of nitrogens with one attached hydrogen (secondary N) is 2. The van der Waals surface area contributed by atoms with Gasteiger partial charge in [0, 0.05) is 45.0 Å². The SMILES string of the molecule is CC(C)OC(=O)CCNC(=O)CCNc1cc(=O)n(C)c(=O)n1Cc1cccnc1. The third kappa shape index (κ3) is 6.87. The molecule has 2 aromatic heterocycles. The van der Waals surface area contributed by atoms with Crippen molar-refractivity contribution in [2.45, 2.75) is 39.3 Å². The lowest BCUT2D eigenvalue weighted by Gasteiger charge is -2.15. The van der Waals surface area contributed by atoms with Crippen LogP contribution in [-0.4, -0.2) is 45.2 Å². The molecule has 0 atom stereocenters. The molecular weight excluding hydrogens is 390 g/mol. The summed E-state index contributed by atoms with van der Waals surface area (Å²) in [5.74, 6) is -0.312. The molecule has 2 heterocycles. The molecule has 2 aromatic rings.